The predicted molar refractivity (Wildman–Crippen MR) is 67.1 cm³/mol. The van der Waals surface area contributed by atoms with Gasteiger partial charge in [0, 0.05) is 0 Å². The maximum absolute atomic E-state index is 12.4. The van der Waals surface area contributed by atoms with Crippen molar-refractivity contribution < 1.29 is 18.3 Å². The first-order chi connectivity index (χ1) is 8.43. The number of carbonyl (C=O) groups is 1. The van der Waals surface area contributed by atoms with Gasteiger partial charge in [-0.2, -0.15) is 0 Å². The van der Waals surface area contributed by atoms with E-state index in [0.29, 0.717) is 19.3 Å². The van der Waals surface area contributed by atoms with E-state index in [9.17, 15) is 13.2 Å². The average molecular weight is 268 g/mol. The Labute approximate surface area is 107 Å². The molecule has 2 atom stereocenters. The number of aliphatic carboxylic acids is 1. The van der Waals surface area contributed by atoms with Gasteiger partial charge in [-0.25, -0.2) is 8.42 Å². The highest BCUT2D eigenvalue weighted by Crippen LogP contribution is 2.34. The van der Waals surface area contributed by atoms with Gasteiger partial charge in [-0.05, 0) is 31.9 Å². The molecule has 0 unspecified atom stereocenters. The van der Waals surface area contributed by atoms with Crippen molar-refractivity contribution in [3.63, 3.8) is 0 Å². The molecule has 0 aliphatic heterocycles. The van der Waals surface area contributed by atoms with Crippen LogP contribution < -0.4 is 0 Å². The highest BCUT2D eigenvalue weighted by molar-refractivity contribution is 7.92. The summed E-state index contributed by atoms with van der Waals surface area (Å²) in [5.74, 6) is -1.77. The molecule has 0 aromatic heterocycles. The van der Waals surface area contributed by atoms with E-state index in [1.165, 1.54) is 0 Å². The van der Waals surface area contributed by atoms with Gasteiger partial charge >= 0.3 is 5.97 Å². The first kappa shape index (κ1) is 13.1. The second kappa shape index (κ2) is 4.72. The number of hydrogen-bond acceptors (Lipinski definition) is 3. The predicted octanol–water partition coefficient (Wildman–Crippen LogP) is 2.02. The van der Waals surface area contributed by atoms with E-state index in [4.69, 9.17) is 5.11 Å². The van der Waals surface area contributed by atoms with Gasteiger partial charge in [0.05, 0.1) is 16.1 Å². The van der Waals surface area contributed by atoms with Crippen LogP contribution in [0.3, 0.4) is 0 Å². The first-order valence-electron chi connectivity index (χ1n) is 5.96. The van der Waals surface area contributed by atoms with Crippen LogP contribution in [0, 0.1) is 12.8 Å². The van der Waals surface area contributed by atoms with Crippen molar-refractivity contribution in [3.8, 4) is 0 Å². The third kappa shape index (κ3) is 2.27. The molecule has 5 heteroatoms. The first-order valence-corrected chi connectivity index (χ1v) is 7.51. The summed E-state index contributed by atoms with van der Waals surface area (Å²) in [7, 11) is -3.53. The van der Waals surface area contributed by atoms with Gasteiger partial charge in [0.25, 0.3) is 0 Å². The highest BCUT2D eigenvalue weighted by atomic mass is 32.2. The summed E-state index contributed by atoms with van der Waals surface area (Å²) >= 11 is 0. The van der Waals surface area contributed by atoms with Crippen LogP contribution in [0.2, 0.25) is 0 Å². The SMILES string of the molecule is Cc1ccc(S(=O)(=O)[C@@H]2CCC[C@H]2C(=O)O)cc1. The van der Waals surface area contributed by atoms with Gasteiger partial charge < -0.3 is 5.11 Å². The molecule has 1 saturated carbocycles. The summed E-state index contributed by atoms with van der Waals surface area (Å²) in [6, 6.07) is 6.58. The van der Waals surface area contributed by atoms with Crippen LogP contribution in [0.25, 0.3) is 0 Å². The Morgan fingerprint density at radius 2 is 1.83 bits per heavy atom. The van der Waals surface area contributed by atoms with Crippen LogP contribution in [-0.4, -0.2) is 24.7 Å². The van der Waals surface area contributed by atoms with Crippen molar-refractivity contribution >= 4 is 15.8 Å². The molecule has 1 aromatic rings. The third-order valence-corrected chi connectivity index (χ3v) is 5.81. The molecule has 1 fully saturated rings. The smallest absolute Gasteiger partial charge is 0.307 e. The molecule has 1 N–H and O–H groups in total. The second-order valence-corrected chi connectivity index (χ2v) is 6.94. The standard InChI is InChI=1S/C13H16O4S/c1-9-5-7-10(8-6-9)18(16,17)12-4-2-3-11(12)13(14)15/h5-8,11-12H,2-4H2,1H3,(H,14,15)/t11-,12-/m1/s1. The lowest BCUT2D eigenvalue weighted by Gasteiger charge is -2.16. The molecular formula is C13H16O4S. The molecule has 98 valence electrons. The number of benzene rings is 1. The average Bonchev–Trinajstić information content (AvgIpc) is 2.79. The fraction of sp³-hybridized carbons (Fsp3) is 0.462. The van der Waals surface area contributed by atoms with Crippen molar-refractivity contribution in [2.24, 2.45) is 5.92 Å². The molecule has 1 aromatic carbocycles. The monoisotopic (exact) mass is 268 g/mol. The van der Waals surface area contributed by atoms with Crippen molar-refractivity contribution in [3.05, 3.63) is 29.8 Å². The maximum Gasteiger partial charge on any atom is 0.307 e. The fourth-order valence-corrected chi connectivity index (χ4v) is 4.51. The Kier molecular flexibility index (Phi) is 3.43. The van der Waals surface area contributed by atoms with Crippen LogP contribution in [0.4, 0.5) is 0 Å². The van der Waals surface area contributed by atoms with Gasteiger partial charge in [-0.15, -0.1) is 0 Å². The van der Waals surface area contributed by atoms with Gasteiger partial charge in [-0.3, -0.25) is 4.79 Å². The minimum atomic E-state index is -3.53. The Morgan fingerprint density at radius 1 is 1.22 bits per heavy atom. The molecule has 0 heterocycles. The molecule has 0 radical (unpaired) electrons. The topological polar surface area (TPSA) is 71.4 Å². The summed E-state index contributed by atoms with van der Waals surface area (Å²) in [5, 5.41) is 8.29. The molecule has 0 saturated heterocycles. The third-order valence-electron chi connectivity index (χ3n) is 3.52. The van der Waals surface area contributed by atoms with E-state index >= 15 is 0 Å². The summed E-state index contributed by atoms with van der Waals surface area (Å²) in [5.41, 5.74) is 0.982. The Balaban J connectivity index is 2.36. The van der Waals surface area contributed by atoms with Gasteiger partial charge in [0.1, 0.15) is 0 Å². The van der Waals surface area contributed by atoms with E-state index < -0.39 is 27.0 Å². The fourth-order valence-electron chi connectivity index (χ4n) is 2.48. The molecule has 0 bridgehead atoms. The van der Waals surface area contributed by atoms with Crippen molar-refractivity contribution in [1.82, 2.24) is 0 Å². The van der Waals surface area contributed by atoms with Crippen LogP contribution in [0.15, 0.2) is 29.2 Å². The van der Waals surface area contributed by atoms with E-state index in [1.807, 2.05) is 6.92 Å². The summed E-state index contributed by atoms with van der Waals surface area (Å²) in [6.45, 7) is 1.88. The number of sulfone groups is 1. The van der Waals surface area contributed by atoms with Crippen LogP contribution >= 0.6 is 0 Å². The summed E-state index contributed by atoms with van der Waals surface area (Å²) in [4.78, 5) is 11.3. The Morgan fingerprint density at radius 3 is 2.39 bits per heavy atom. The van der Waals surface area contributed by atoms with E-state index in [0.717, 1.165) is 5.56 Å². The van der Waals surface area contributed by atoms with Crippen LogP contribution in [0.5, 0.6) is 0 Å². The lowest BCUT2D eigenvalue weighted by Crippen LogP contribution is -2.30. The molecular weight excluding hydrogens is 252 g/mol. The number of rotatable bonds is 3. The zero-order valence-electron chi connectivity index (χ0n) is 10.2. The normalized spacial score (nSPS) is 24.1. The summed E-state index contributed by atoms with van der Waals surface area (Å²) in [6.07, 6.45) is 1.55. The molecule has 0 amide bonds. The number of hydrogen-bond donors (Lipinski definition) is 1. The van der Waals surface area contributed by atoms with Crippen LogP contribution in [0.1, 0.15) is 24.8 Å². The molecule has 0 spiro atoms. The largest absolute Gasteiger partial charge is 0.481 e. The zero-order valence-corrected chi connectivity index (χ0v) is 11.0. The van der Waals surface area contributed by atoms with Crippen molar-refractivity contribution in [2.45, 2.75) is 36.3 Å². The van der Waals surface area contributed by atoms with Gasteiger partial charge in [-0.1, -0.05) is 24.1 Å². The molecule has 1 aliphatic carbocycles. The van der Waals surface area contributed by atoms with Crippen LogP contribution in [-0.2, 0) is 14.6 Å². The zero-order chi connectivity index (χ0) is 13.3. The van der Waals surface area contributed by atoms with E-state index in [2.05, 4.69) is 0 Å². The lowest BCUT2D eigenvalue weighted by molar-refractivity contribution is -0.141. The molecule has 4 nitrogen and oxygen atoms in total. The lowest BCUT2D eigenvalue weighted by atomic mass is 10.1. The maximum atomic E-state index is 12.4. The minimum Gasteiger partial charge on any atom is -0.481 e. The van der Waals surface area contributed by atoms with E-state index in [1.54, 1.807) is 24.3 Å². The van der Waals surface area contributed by atoms with Crippen molar-refractivity contribution in [1.29, 1.82) is 0 Å². The van der Waals surface area contributed by atoms with Gasteiger partial charge in [0.2, 0.25) is 0 Å². The number of aryl methyl sites for hydroxylation is 1. The summed E-state index contributed by atoms with van der Waals surface area (Å²) < 4.78 is 24.8. The molecule has 2 rings (SSSR count). The number of carboxylic acids is 1. The quantitative estimate of drug-likeness (QED) is 0.910. The Bertz CT molecular complexity index is 545. The van der Waals surface area contributed by atoms with E-state index in [-0.39, 0.29) is 4.90 Å². The second-order valence-electron chi connectivity index (χ2n) is 4.77. The van der Waals surface area contributed by atoms with Crippen molar-refractivity contribution in [2.75, 3.05) is 0 Å². The van der Waals surface area contributed by atoms with Gasteiger partial charge in [0.15, 0.2) is 9.84 Å². The molecule has 18 heavy (non-hydrogen) atoms. The highest BCUT2D eigenvalue weighted by Gasteiger charge is 2.42. The minimum absolute atomic E-state index is 0.228. The number of carboxylic acid groups (broad SMARTS) is 1. The Hall–Kier alpha value is -1.36. The molecule has 1 aliphatic rings.